The van der Waals surface area contributed by atoms with E-state index in [1.807, 2.05) is 0 Å². The SMILES string of the molecule is C[CH-]CCC.[Rb+]. The van der Waals surface area contributed by atoms with Gasteiger partial charge in [0.2, 0.25) is 0 Å². The van der Waals surface area contributed by atoms with Crippen molar-refractivity contribution in [3.05, 3.63) is 6.42 Å². The van der Waals surface area contributed by atoms with Crippen LogP contribution in [0.25, 0.3) is 0 Å². The Morgan fingerprint density at radius 1 is 1.50 bits per heavy atom. The minimum Gasteiger partial charge on any atom is -0.332 e. The van der Waals surface area contributed by atoms with Crippen molar-refractivity contribution in [3.63, 3.8) is 0 Å². The molecule has 0 aliphatic heterocycles. The van der Waals surface area contributed by atoms with E-state index in [4.69, 9.17) is 0 Å². The molecule has 0 nitrogen and oxygen atoms in total. The molecular formula is C5H11Rb. The first kappa shape index (κ1) is 10.7. The van der Waals surface area contributed by atoms with Gasteiger partial charge in [-0.15, -0.1) is 0 Å². The van der Waals surface area contributed by atoms with Gasteiger partial charge in [0, 0.05) is 0 Å². The van der Waals surface area contributed by atoms with E-state index >= 15 is 0 Å². The molecule has 32 valence electrons. The molecule has 0 saturated heterocycles. The van der Waals surface area contributed by atoms with Gasteiger partial charge in [0.15, 0.2) is 0 Å². The third kappa shape index (κ3) is 9.26. The quantitative estimate of drug-likeness (QED) is 0.451. The molecule has 0 radical (unpaired) electrons. The second-order valence-electron chi connectivity index (χ2n) is 1.20. The van der Waals surface area contributed by atoms with Crippen LogP contribution in [0, 0.1) is 6.42 Å². The molecule has 6 heavy (non-hydrogen) atoms. The van der Waals surface area contributed by atoms with Gasteiger partial charge in [-0.3, -0.25) is 0 Å². The predicted molar refractivity (Wildman–Crippen MR) is 24.9 cm³/mol. The summed E-state index contributed by atoms with van der Waals surface area (Å²) in [5.74, 6) is 0. The Bertz CT molecular complexity index is 11.4. The molecular weight excluding hydrogens is 146 g/mol. The van der Waals surface area contributed by atoms with Crippen LogP contribution in [0.15, 0.2) is 0 Å². The Morgan fingerprint density at radius 2 is 2.00 bits per heavy atom. The monoisotopic (exact) mass is 156 g/mol. The Labute approximate surface area is 89.5 Å². The largest absolute Gasteiger partial charge is 1.00 e. The number of hydrogen-bond donors (Lipinski definition) is 0. The van der Waals surface area contributed by atoms with Gasteiger partial charge in [-0.25, -0.2) is 0 Å². The van der Waals surface area contributed by atoms with Crippen molar-refractivity contribution in [2.45, 2.75) is 26.7 Å². The fourth-order valence-electron chi connectivity index (χ4n) is 0.289. The molecule has 0 amide bonds. The normalized spacial score (nSPS) is 7.00. The van der Waals surface area contributed by atoms with Crippen molar-refractivity contribution in [2.75, 3.05) is 0 Å². The van der Waals surface area contributed by atoms with E-state index < -0.39 is 0 Å². The average molecular weight is 157 g/mol. The van der Waals surface area contributed by atoms with Crippen LogP contribution in [0.1, 0.15) is 26.7 Å². The zero-order valence-electron chi connectivity index (χ0n) is 4.99. The summed E-state index contributed by atoms with van der Waals surface area (Å²) in [5, 5.41) is 0. The topological polar surface area (TPSA) is 0 Å². The molecule has 0 spiro atoms. The number of unbranched alkanes of at least 4 members (excludes halogenated alkanes) is 2. The summed E-state index contributed by atoms with van der Waals surface area (Å²) in [4.78, 5) is 0. The van der Waals surface area contributed by atoms with Gasteiger partial charge in [0.1, 0.15) is 0 Å². The molecule has 0 bridgehead atoms. The maximum absolute atomic E-state index is 2.18. The van der Waals surface area contributed by atoms with E-state index in [2.05, 4.69) is 20.3 Å². The fourth-order valence-corrected chi connectivity index (χ4v) is 0.289. The summed E-state index contributed by atoms with van der Waals surface area (Å²) >= 11 is 0. The standard InChI is InChI=1S/C5H11.Rb/c1-3-5-4-2;/h3H,4-5H2,1-2H3;/q-1;+1. The Kier molecular flexibility index (Phi) is 17.8. The van der Waals surface area contributed by atoms with Gasteiger partial charge in [-0.2, -0.15) is 13.3 Å². The van der Waals surface area contributed by atoms with Gasteiger partial charge in [-0.05, 0) is 0 Å². The molecule has 0 aromatic heterocycles. The second kappa shape index (κ2) is 9.93. The van der Waals surface area contributed by atoms with Crippen LogP contribution in [-0.4, -0.2) is 0 Å². The number of rotatable bonds is 2. The Hall–Kier alpha value is 1.81. The molecule has 0 unspecified atom stereocenters. The first-order valence-corrected chi connectivity index (χ1v) is 2.19. The molecule has 0 fully saturated rings. The van der Waals surface area contributed by atoms with E-state index in [1.165, 1.54) is 12.8 Å². The van der Waals surface area contributed by atoms with Crippen molar-refractivity contribution >= 4 is 0 Å². The molecule has 0 N–H and O–H groups in total. The Balaban J connectivity index is 0. The van der Waals surface area contributed by atoms with Crippen molar-refractivity contribution in [2.24, 2.45) is 0 Å². The van der Waals surface area contributed by atoms with Gasteiger partial charge >= 0.3 is 58.2 Å². The van der Waals surface area contributed by atoms with Gasteiger partial charge in [0.25, 0.3) is 0 Å². The van der Waals surface area contributed by atoms with Crippen LogP contribution in [0.4, 0.5) is 0 Å². The van der Waals surface area contributed by atoms with E-state index in [9.17, 15) is 0 Å². The van der Waals surface area contributed by atoms with Crippen molar-refractivity contribution in [1.29, 1.82) is 0 Å². The average Bonchev–Trinajstić information content (AvgIpc) is 1.41. The fraction of sp³-hybridized carbons (Fsp3) is 0.800. The molecule has 0 aliphatic carbocycles. The van der Waals surface area contributed by atoms with Crippen molar-refractivity contribution in [3.8, 4) is 0 Å². The molecule has 0 atom stereocenters. The van der Waals surface area contributed by atoms with Crippen LogP contribution in [0.3, 0.4) is 0 Å². The zero-order chi connectivity index (χ0) is 4.12. The minimum atomic E-state index is 0. The summed E-state index contributed by atoms with van der Waals surface area (Å²) in [6.45, 7) is 4.27. The van der Waals surface area contributed by atoms with Crippen LogP contribution in [0.2, 0.25) is 0 Å². The van der Waals surface area contributed by atoms with Gasteiger partial charge < -0.3 is 6.42 Å². The third-order valence-corrected chi connectivity index (χ3v) is 0.577. The van der Waals surface area contributed by atoms with Crippen molar-refractivity contribution < 1.29 is 58.2 Å². The molecule has 0 aromatic carbocycles. The molecule has 0 aliphatic rings. The van der Waals surface area contributed by atoms with Gasteiger partial charge in [0.05, 0.1) is 0 Å². The van der Waals surface area contributed by atoms with E-state index in [0.717, 1.165) is 0 Å². The summed E-state index contributed by atoms with van der Waals surface area (Å²) in [7, 11) is 0. The molecule has 1 heteroatoms. The summed E-state index contributed by atoms with van der Waals surface area (Å²) in [5.41, 5.74) is 0. The zero-order valence-corrected chi connectivity index (χ0v) is 9.91. The maximum atomic E-state index is 2.18. The molecule has 0 saturated carbocycles. The third-order valence-electron chi connectivity index (χ3n) is 0.577. The summed E-state index contributed by atoms with van der Waals surface area (Å²) < 4.78 is 0. The van der Waals surface area contributed by atoms with E-state index in [0.29, 0.717) is 0 Å². The van der Waals surface area contributed by atoms with Crippen LogP contribution in [-0.2, 0) is 0 Å². The first-order chi connectivity index (χ1) is 2.41. The molecule has 0 heterocycles. The van der Waals surface area contributed by atoms with E-state index in [-0.39, 0.29) is 58.2 Å². The maximum Gasteiger partial charge on any atom is 1.00 e. The molecule has 0 aromatic rings. The smallest absolute Gasteiger partial charge is 0.332 e. The number of hydrogen-bond acceptors (Lipinski definition) is 0. The second-order valence-corrected chi connectivity index (χ2v) is 1.20. The van der Waals surface area contributed by atoms with Crippen LogP contribution >= 0.6 is 0 Å². The summed E-state index contributed by atoms with van der Waals surface area (Å²) in [6.07, 6.45) is 4.73. The molecule has 0 rings (SSSR count). The summed E-state index contributed by atoms with van der Waals surface area (Å²) in [6, 6.07) is 0. The minimum absolute atomic E-state index is 0. The predicted octanol–water partition coefficient (Wildman–Crippen LogP) is -0.985. The van der Waals surface area contributed by atoms with Crippen molar-refractivity contribution in [1.82, 2.24) is 0 Å². The van der Waals surface area contributed by atoms with E-state index in [1.54, 1.807) is 0 Å². The Morgan fingerprint density at radius 3 is 2.00 bits per heavy atom. The van der Waals surface area contributed by atoms with Crippen LogP contribution < -0.4 is 58.2 Å². The van der Waals surface area contributed by atoms with Crippen LogP contribution in [0.5, 0.6) is 0 Å². The first-order valence-electron chi connectivity index (χ1n) is 2.19. The van der Waals surface area contributed by atoms with Gasteiger partial charge in [-0.1, -0.05) is 13.3 Å².